The highest BCUT2D eigenvalue weighted by molar-refractivity contribution is 7.17. The SMILES string of the molecule is CC1(C)CCC(C)(C)c2c(N(c3ccc4c(c3)C(c3ccccc3)(c3ccccc3)c3ccccc3-4)c3ccc4c(c3)C(c3ccccc3)(c3ccccc3)c3ccccc3-4)ccc(-c3ccc4sccc4c3)c21. The summed E-state index contributed by atoms with van der Waals surface area (Å²) in [5, 5.41) is 3.52. The van der Waals surface area contributed by atoms with Crippen LogP contribution in [0, 0.1) is 0 Å². The maximum Gasteiger partial charge on any atom is 0.0714 e. The molecule has 1 aromatic heterocycles. The summed E-state index contributed by atoms with van der Waals surface area (Å²) in [6.45, 7) is 9.98. The van der Waals surface area contributed by atoms with Crippen molar-refractivity contribution in [3.8, 4) is 33.4 Å². The van der Waals surface area contributed by atoms with Crippen LogP contribution in [0.2, 0.25) is 0 Å². The molecule has 0 N–H and O–H groups in total. The number of anilines is 3. The molecule has 0 amide bonds. The van der Waals surface area contributed by atoms with Crippen molar-refractivity contribution in [3.63, 3.8) is 0 Å². The molecule has 0 saturated carbocycles. The van der Waals surface area contributed by atoms with Gasteiger partial charge in [-0.1, -0.05) is 222 Å². The third-order valence-electron chi connectivity index (χ3n) is 17.3. The summed E-state index contributed by atoms with van der Waals surface area (Å²) in [5.41, 5.74) is 23.1. The zero-order chi connectivity index (χ0) is 49.8. The quantitative estimate of drug-likeness (QED) is 0.147. The third kappa shape index (κ3) is 6.40. The second-order valence-electron chi connectivity index (χ2n) is 22.2. The Balaban J connectivity index is 1.10. The molecule has 0 aliphatic heterocycles. The van der Waals surface area contributed by atoms with Gasteiger partial charge in [-0.25, -0.2) is 0 Å². The average molecular weight is 968 g/mol. The molecule has 10 aromatic carbocycles. The minimum absolute atomic E-state index is 0.0871. The van der Waals surface area contributed by atoms with Crippen LogP contribution in [-0.4, -0.2) is 0 Å². The first-order valence-electron chi connectivity index (χ1n) is 26.4. The molecule has 3 aliphatic rings. The van der Waals surface area contributed by atoms with Gasteiger partial charge in [0.2, 0.25) is 0 Å². The lowest BCUT2D eigenvalue weighted by Gasteiger charge is -2.46. The highest BCUT2D eigenvalue weighted by Gasteiger charge is 2.49. The van der Waals surface area contributed by atoms with Crippen molar-refractivity contribution in [2.24, 2.45) is 0 Å². The Morgan fingerprint density at radius 2 is 0.770 bits per heavy atom. The van der Waals surface area contributed by atoms with E-state index >= 15 is 0 Å². The van der Waals surface area contributed by atoms with Crippen molar-refractivity contribution >= 4 is 38.5 Å². The van der Waals surface area contributed by atoms with E-state index in [-0.39, 0.29) is 10.8 Å². The topological polar surface area (TPSA) is 3.24 Å². The van der Waals surface area contributed by atoms with Gasteiger partial charge in [-0.05, 0) is 172 Å². The number of thiophene rings is 1. The van der Waals surface area contributed by atoms with E-state index in [9.17, 15) is 0 Å². The van der Waals surface area contributed by atoms with E-state index in [4.69, 9.17) is 0 Å². The fraction of sp³-hybridized carbons (Fsp3) is 0.139. The predicted molar refractivity (Wildman–Crippen MR) is 312 cm³/mol. The lowest BCUT2D eigenvalue weighted by molar-refractivity contribution is 0.333. The summed E-state index contributed by atoms with van der Waals surface area (Å²) in [7, 11) is 0. The average Bonchev–Trinajstić information content (AvgIpc) is 4.15. The van der Waals surface area contributed by atoms with Crippen LogP contribution in [-0.2, 0) is 21.7 Å². The molecular formula is C72H57NS. The molecule has 11 aromatic rings. The molecule has 0 unspecified atom stereocenters. The van der Waals surface area contributed by atoms with E-state index in [0.717, 1.165) is 24.2 Å². The Hall–Kier alpha value is -8.04. The first kappa shape index (κ1) is 44.6. The van der Waals surface area contributed by atoms with Gasteiger partial charge >= 0.3 is 0 Å². The minimum atomic E-state index is -0.559. The Kier molecular flexibility index (Phi) is 10.1. The lowest BCUT2D eigenvalue weighted by Crippen LogP contribution is -2.36. The molecule has 0 saturated heterocycles. The summed E-state index contributed by atoms with van der Waals surface area (Å²) >= 11 is 1.82. The summed E-state index contributed by atoms with van der Waals surface area (Å²) in [6.07, 6.45) is 2.18. The smallest absolute Gasteiger partial charge is 0.0714 e. The van der Waals surface area contributed by atoms with Crippen LogP contribution in [0.25, 0.3) is 43.5 Å². The van der Waals surface area contributed by atoms with Crippen LogP contribution in [0.3, 0.4) is 0 Å². The number of hydrogen-bond donors (Lipinski definition) is 0. The summed E-state index contributed by atoms with van der Waals surface area (Å²) < 4.78 is 1.33. The molecule has 356 valence electrons. The van der Waals surface area contributed by atoms with Crippen molar-refractivity contribution in [1.29, 1.82) is 0 Å². The molecule has 0 fully saturated rings. The number of benzene rings is 10. The zero-order valence-electron chi connectivity index (χ0n) is 42.4. The van der Waals surface area contributed by atoms with Crippen molar-refractivity contribution in [2.45, 2.75) is 62.2 Å². The van der Waals surface area contributed by atoms with Crippen LogP contribution in [0.15, 0.2) is 248 Å². The maximum absolute atomic E-state index is 2.65. The van der Waals surface area contributed by atoms with E-state index in [1.807, 2.05) is 11.3 Å². The Morgan fingerprint density at radius 1 is 0.351 bits per heavy atom. The first-order chi connectivity index (χ1) is 36.2. The zero-order valence-corrected chi connectivity index (χ0v) is 43.3. The molecular weight excluding hydrogens is 911 g/mol. The van der Waals surface area contributed by atoms with Gasteiger partial charge in [0.05, 0.1) is 16.5 Å². The van der Waals surface area contributed by atoms with E-state index in [0.29, 0.717) is 0 Å². The van der Waals surface area contributed by atoms with Crippen LogP contribution in [0.4, 0.5) is 17.1 Å². The van der Waals surface area contributed by atoms with Crippen LogP contribution >= 0.6 is 11.3 Å². The highest BCUT2D eigenvalue weighted by atomic mass is 32.1. The molecule has 1 heterocycles. The van der Waals surface area contributed by atoms with Gasteiger partial charge in [0, 0.05) is 16.1 Å². The van der Waals surface area contributed by atoms with Crippen molar-refractivity contribution in [1.82, 2.24) is 0 Å². The molecule has 0 atom stereocenters. The van der Waals surface area contributed by atoms with E-state index in [1.54, 1.807) is 0 Å². The van der Waals surface area contributed by atoms with Gasteiger partial charge in [-0.2, -0.15) is 0 Å². The molecule has 0 spiro atoms. The van der Waals surface area contributed by atoms with Gasteiger partial charge in [-0.15, -0.1) is 11.3 Å². The van der Waals surface area contributed by atoms with E-state index in [1.165, 1.54) is 105 Å². The molecule has 0 radical (unpaired) electrons. The monoisotopic (exact) mass is 967 g/mol. The van der Waals surface area contributed by atoms with Crippen LogP contribution < -0.4 is 4.90 Å². The summed E-state index contributed by atoms with van der Waals surface area (Å²) in [5.74, 6) is 0. The number of rotatable bonds is 8. The fourth-order valence-corrected chi connectivity index (χ4v) is 14.8. The van der Waals surface area contributed by atoms with E-state index < -0.39 is 10.8 Å². The molecule has 1 nitrogen and oxygen atoms in total. The van der Waals surface area contributed by atoms with Gasteiger partial charge in [0.1, 0.15) is 0 Å². The standard InChI is InChI=1S/C72H57NS/c1-69(2)42-43-70(3,4)68-65(39-38-56(67(68)69)48-33-40-66-49(45-48)41-44-74-66)73(54-34-36-59-57-29-17-19-31-61(57)71(63(59)46-54,50-21-9-5-10-22-50)51-23-11-6-12-24-51)55-35-37-60-58-30-18-20-32-62(58)72(64(60)47-55,52-25-13-7-14-26-52)53-27-15-8-16-28-53/h5-41,44-47H,42-43H2,1-4H3. The van der Waals surface area contributed by atoms with E-state index in [2.05, 4.69) is 281 Å². The van der Waals surface area contributed by atoms with Gasteiger partial charge < -0.3 is 4.90 Å². The van der Waals surface area contributed by atoms with Gasteiger partial charge in [0.15, 0.2) is 0 Å². The lowest BCUT2D eigenvalue weighted by atomic mass is 9.61. The molecule has 0 bridgehead atoms. The second kappa shape index (κ2) is 16.7. The van der Waals surface area contributed by atoms with Crippen molar-refractivity contribution < 1.29 is 0 Å². The minimum Gasteiger partial charge on any atom is -0.310 e. The van der Waals surface area contributed by atoms with Gasteiger partial charge in [-0.3, -0.25) is 0 Å². The summed E-state index contributed by atoms with van der Waals surface area (Å²) in [6, 6.07) is 92.3. The largest absolute Gasteiger partial charge is 0.310 e. The molecule has 14 rings (SSSR count). The third-order valence-corrected chi connectivity index (χ3v) is 18.2. The Labute approximate surface area is 440 Å². The number of fused-ring (bicyclic) bond motifs is 8. The molecule has 74 heavy (non-hydrogen) atoms. The van der Waals surface area contributed by atoms with Crippen molar-refractivity contribution in [2.75, 3.05) is 4.90 Å². The normalized spacial score (nSPS) is 15.9. The Bertz CT molecular complexity index is 3700. The molecule has 2 heteroatoms. The van der Waals surface area contributed by atoms with Crippen LogP contribution in [0.1, 0.15) is 96.2 Å². The Morgan fingerprint density at radius 3 is 1.26 bits per heavy atom. The number of hydrogen-bond acceptors (Lipinski definition) is 2. The maximum atomic E-state index is 2.65. The molecule has 3 aliphatic carbocycles. The first-order valence-corrected chi connectivity index (χ1v) is 27.2. The van der Waals surface area contributed by atoms with Gasteiger partial charge in [0.25, 0.3) is 0 Å². The second-order valence-corrected chi connectivity index (χ2v) is 23.1. The van der Waals surface area contributed by atoms with Crippen molar-refractivity contribution in [3.05, 3.63) is 304 Å². The number of nitrogens with zero attached hydrogens (tertiary/aromatic N) is 1. The predicted octanol–water partition coefficient (Wildman–Crippen LogP) is 19.1. The van der Waals surface area contributed by atoms with Crippen LogP contribution in [0.5, 0.6) is 0 Å². The fourth-order valence-electron chi connectivity index (χ4n) is 14.0. The summed E-state index contributed by atoms with van der Waals surface area (Å²) in [4.78, 5) is 2.65. The highest BCUT2D eigenvalue weighted by Crippen LogP contribution is 2.61.